The normalized spacial score (nSPS) is 11.4. The lowest BCUT2D eigenvalue weighted by Gasteiger charge is -2.00. The lowest BCUT2D eigenvalue weighted by atomic mass is 10.1. The quantitative estimate of drug-likeness (QED) is 0.760. The fourth-order valence-electron chi connectivity index (χ4n) is 1.63. The Morgan fingerprint density at radius 1 is 1.25 bits per heavy atom. The monoisotopic (exact) mass is 275 g/mol. The number of hydrogen-bond donors (Lipinski definition) is 0. The van der Waals surface area contributed by atoms with E-state index in [-0.39, 0.29) is 0 Å². The Bertz CT molecular complexity index is 517. The number of rotatable bonds is 3. The Kier molecular flexibility index (Phi) is 3.73. The highest BCUT2D eigenvalue weighted by Gasteiger charge is 1.95. The molecule has 0 N–H and O–H groups in total. The Morgan fingerprint density at radius 3 is 2.94 bits per heavy atom. The molecule has 0 saturated carbocycles. The molecule has 16 heavy (non-hydrogen) atoms. The minimum absolute atomic E-state index is 1.01. The van der Waals surface area contributed by atoms with E-state index in [4.69, 9.17) is 0 Å². The maximum absolute atomic E-state index is 4.48. The first-order chi connectivity index (χ1) is 7.79. The fourth-order valence-corrected chi connectivity index (χ4v) is 1.90. The molecule has 1 aromatic heterocycles. The predicted molar refractivity (Wildman–Crippen MR) is 73.9 cm³/mol. The number of hydrogen-bond acceptors (Lipinski definition) is 1. The second-order valence-corrected chi connectivity index (χ2v) is 4.58. The van der Waals surface area contributed by atoms with Gasteiger partial charge >= 0.3 is 0 Å². The summed E-state index contributed by atoms with van der Waals surface area (Å²) in [5.74, 6) is 0. The van der Waals surface area contributed by atoms with Crippen molar-refractivity contribution in [2.24, 2.45) is 0 Å². The van der Waals surface area contributed by atoms with Crippen LogP contribution in [0.2, 0.25) is 0 Å². The van der Waals surface area contributed by atoms with Crippen molar-refractivity contribution >= 4 is 32.9 Å². The van der Waals surface area contributed by atoms with Gasteiger partial charge in [0.2, 0.25) is 0 Å². The maximum Gasteiger partial charge on any atom is 0.0705 e. The number of allylic oxidation sites excluding steroid dienone is 1. The molecule has 0 saturated heterocycles. The molecular weight excluding hydrogens is 262 g/mol. The van der Waals surface area contributed by atoms with Gasteiger partial charge in [-0.2, -0.15) is 0 Å². The first-order valence-corrected chi connectivity index (χ1v) is 6.51. The Balaban J connectivity index is 2.33. The number of aromatic nitrogens is 1. The zero-order chi connectivity index (χ0) is 11.4. The van der Waals surface area contributed by atoms with Gasteiger partial charge in [-0.3, -0.25) is 4.98 Å². The number of benzene rings is 1. The van der Waals surface area contributed by atoms with Crippen LogP contribution in [0.1, 0.15) is 17.7 Å². The first kappa shape index (κ1) is 11.3. The molecule has 1 nitrogen and oxygen atoms in total. The molecule has 0 fully saturated rings. The molecule has 2 heteroatoms. The average molecular weight is 276 g/mol. The zero-order valence-electron chi connectivity index (χ0n) is 9.28. The molecular formula is C14H14BrN. The second kappa shape index (κ2) is 5.26. The molecule has 0 spiro atoms. The largest absolute Gasteiger partial charge is 0.253 e. The van der Waals surface area contributed by atoms with Gasteiger partial charge in [0, 0.05) is 16.4 Å². The van der Waals surface area contributed by atoms with E-state index in [0.29, 0.717) is 0 Å². The highest BCUT2D eigenvalue weighted by atomic mass is 79.9. The molecule has 0 radical (unpaired) electrons. The summed E-state index contributed by atoms with van der Waals surface area (Å²) >= 11 is 3.41. The molecule has 2 aromatic rings. The van der Waals surface area contributed by atoms with Crippen molar-refractivity contribution in [3.05, 3.63) is 47.7 Å². The lowest BCUT2D eigenvalue weighted by Crippen LogP contribution is -1.83. The van der Waals surface area contributed by atoms with Crippen LogP contribution in [0.15, 0.2) is 36.4 Å². The van der Waals surface area contributed by atoms with Crippen LogP contribution < -0.4 is 0 Å². The van der Waals surface area contributed by atoms with Gasteiger partial charge < -0.3 is 0 Å². The van der Waals surface area contributed by atoms with E-state index in [1.54, 1.807) is 0 Å². The number of alkyl halides is 1. The fraction of sp³-hybridized carbons (Fsp3) is 0.214. The molecule has 0 aliphatic rings. The number of aryl methyl sites for hydroxylation is 1. The van der Waals surface area contributed by atoms with Crippen molar-refractivity contribution in [2.45, 2.75) is 13.3 Å². The van der Waals surface area contributed by atoms with Crippen molar-refractivity contribution in [3.8, 4) is 0 Å². The van der Waals surface area contributed by atoms with Gasteiger partial charge in [0.1, 0.15) is 0 Å². The standard InChI is InChI=1S/C14H14BrN/c1-11-5-7-13-10-12(4-2-3-9-15)6-8-14(13)16-11/h2,4-8,10H,3,9H2,1H3. The van der Waals surface area contributed by atoms with Crippen molar-refractivity contribution in [3.63, 3.8) is 0 Å². The molecule has 0 amide bonds. The summed E-state index contributed by atoms with van der Waals surface area (Å²) in [7, 11) is 0. The van der Waals surface area contributed by atoms with Crippen molar-refractivity contribution in [1.82, 2.24) is 4.98 Å². The van der Waals surface area contributed by atoms with E-state index in [0.717, 1.165) is 23.0 Å². The van der Waals surface area contributed by atoms with Crippen LogP contribution in [0.4, 0.5) is 0 Å². The average Bonchev–Trinajstić information content (AvgIpc) is 2.29. The van der Waals surface area contributed by atoms with Crippen LogP contribution >= 0.6 is 15.9 Å². The van der Waals surface area contributed by atoms with Crippen LogP contribution in [0.3, 0.4) is 0 Å². The molecule has 0 aliphatic heterocycles. The predicted octanol–water partition coefficient (Wildman–Crippen LogP) is 4.34. The van der Waals surface area contributed by atoms with Crippen LogP contribution in [-0.2, 0) is 0 Å². The third-order valence-corrected chi connectivity index (χ3v) is 2.90. The smallest absolute Gasteiger partial charge is 0.0705 e. The highest BCUT2D eigenvalue weighted by molar-refractivity contribution is 9.09. The Labute approximate surface area is 104 Å². The number of pyridine rings is 1. The molecule has 0 aliphatic carbocycles. The van der Waals surface area contributed by atoms with Crippen LogP contribution in [0, 0.1) is 6.92 Å². The molecule has 0 atom stereocenters. The van der Waals surface area contributed by atoms with E-state index < -0.39 is 0 Å². The summed E-state index contributed by atoms with van der Waals surface area (Å²) in [5.41, 5.74) is 3.37. The van der Waals surface area contributed by atoms with Gasteiger partial charge in [-0.15, -0.1) is 0 Å². The SMILES string of the molecule is Cc1ccc2cc(C=CCCBr)ccc2n1. The zero-order valence-corrected chi connectivity index (χ0v) is 10.9. The summed E-state index contributed by atoms with van der Waals surface area (Å²) in [6, 6.07) is 10.5. The summed E-state index contributed by atoms with van der Waals surface area (Å²) < 4.78 is 0. The third kappa shape index (κ3) is 2.70. The summed E-state index contributed by atoms with van der Waals surface area (Å²) in [4.78, 5) is 4.48. The summed E-state index contributed by atoms with van der Waals surface area (Å²) in [6.45, 7) is 2.02. The van der Waals surface area contributed by atoms with Gasteiger partial charge in [0.05, 0.1) is 5.52 Å². The Morgan fingerprint density at radius 2 is 2.12 bits per heavy atom. The maximum atomic E-state index is 4.48. The van der Waals surface area contributed by atoms with Crippen LogP contribution in [0.25, 0.3) is 17.0 Å². The van der Waals surface area contributed by atoms with Gasteiger partial charge in [-0.1, -0.05) is 40.2 Å². The summed E-state index contributed by atoms with van der Waals surface area (Å²) in [6.07, 6.45) is 5.39. The van der Waals surface area contributed by atoms with E-state index in [2.05, 4.69) is 57.3 Å². The third-order valence-electron chi connectivity index (χ3n) is 2.44. The molecule has 0 bridgehead atoms. The van der Waals surface area contributed by atoms with E-state index in [1.807, 2.05) is 13.0 Å². The number of nitrogens with zero attached hydrogens (tertiary/aromatic N) is 1. The molecule has 2 rings (SSSR count). The highest BCUT2D eigenvalue weighted by Crippen LogP contribution is 2.15. The van der Waals surface area contributed by atoms with Crippen LogP contribution in [-0.4, -0.2) is 10.3 Å². The van der Waals surface area contributed by atoms with Gasteiger partial charge in [0.25, 0.3) is 0 Å². The summed E-state index contributed by atoms with van der Waals surface area (Å²) in [5, 5.41) is 2.21. The minimum atomic E-state index is 1.01. The number of halogens is 1. The minimum Gasteiger partial charge on any atom is -0.253 e. The molecule has 1 aromatic carbocycles. The van der Waals surface area contributed by atoms with Crippen LogP contribution in [0.5, 0.6) is 0 Å². The first-order valence-electron chi connectivity index (χ1n) is 5.39. The lowest BCUT2D eigenvalue weighted by molar-refractivity contribution is 1.25. The molecule has 0 unspecified atom stereocenters. The topological polar surface area (TPSA) is 12.9 Å². The van der Waals surface area contributed by atoms with Crippen molar-refractivity contribution in [2.75, 3.05) is 5.33 Å². The molecule has 82 valence electrons. The van der Waals surface area contributed by atoms with E-state index in [9.17, 15) is 0 Å². The second-order valence-electron chi connectivity index (χ2n) is 3.78. The molecule has 1 heterocycles. The Hall–Kier alpha value is -1.15. The van der Waals surface area contributed by atoms with Gasteiger partial charge in [-0.05, 0) is 37.1 Å². The van der Waals surface area contributed by atoms with E-state index >= 15 is 0 Å². The van der Waals surface area contributed by atoms with Gasteiger partial charge in [-0.25, -0.2) is 0 Å². The van der Waals surface area contributed by atoms with Gasteiger partial charge in [0.15, 0.2) is 0 Å². The van der Waals surface area contributed by atoms with Crippen molar-refractivity contribution in [1.29, 1.82) is 0 Å². The van der Waals surface area contributed by atoms with E-state index in [1.165, 1.54) is 10.9 Å². The number of fused-ring (bicyclic) bond motifs is 1. The van der Waals surface area contributed by atoms with Crippen molar-refractivity contribution < 1.29 is 0 Å².